The van der Waals surface area contributed by atoms with Gasteiger partial charge in [-0.3, -0.25) is 4.79 Å². The second-order valence-corrected chi connectivity index (χ2v) is 7.67. The molecule has 2 saturated heterocycles. The van der Waals surface area contributed by atoms with E-state index < -0.39 is 10.0 Å². The summed E-state index contributed by atoms with van der Waals surface area (Å²) in [6.07, 6.45) is 2.62. The van der Waals surface area contributed by atoms with Crippen molar-refractivity contribution in [3.63, 3.8) is 0 Å². The fourth-order valence-corrected chi connectivity index (χ4v) is 4.39. The molecule has 0 aromatic rings. The van der Waals surface area contributed by atoms with Crippen molar-refractivity contribution in [1.29, 1.82) is 0 Å². The minimum atomic E-state index is -3.12. The van der Waals surface area contributed by atoms with Crippen LogP contribution in [0.15, 0.2) is 0 Å². The Balaban J connectivity index is 1.86. The molecule has 0 unspecified atom stereocenters. The summed E-state index contributed by atoms with van der Waals surface area (Å²) in [7, 11) is -3.12. The molecule has 0 aliphatic carbocycles. The van der Waals surface area contributed by atoms with Crippen LogP contribution in [-0.4, -0.2) is 68.6 Å². The van der Waals surface area contributed by atoms with Crippen LogP contribution in [-0.2, 0) is 14.8 Å². The predicted molar refractivity (Wildman–Crippen MR) is 77.8 cm³/mol. The van der Waals surface area contributed by atoms with Crippen molar-refractivity contribution in [2.24, 2.45) is 5.92 Å². The first kappa shape index (κ1) is 15.7. The van der Waals surface area contributed by atoms with Crippen LogP contribution in [0.3, 0.4) is 0 Å². The average Bonchev–Trinajstić information content (AvgIpc) is 2.47. The summed E-state index contributed by atoms with van der Waals surface area (Å²) in [6, 6.07) is 0. The SMILES string of the molecule is CCCS(=O)(=O)N1CCN(C(=O)[C@@H]2CCCNC2)CC1. The molecule has 2 aliphatic rings. The lowest BCUT2D eigenvalue weighted by Crippen LogP contribution is -2.53. The van der Waals surface area contributed by atoms with Crippen LogP contribution in [0.4, 0.5) is 0 Å². The van der Waals surface area contributed by atoms with Gasteiger partial charge in [0.2, 0.25) is 15.9 Å². The number of carbonyl (C=O) groups excluding carboxylic acids is 1. The molecule has 1 N–H and O–H groups in total. The monoisotopic (exact) mass is 303 g/mol. The number of rotatable bonds is 4. The summed E-state index contributed by atoms with van der Waals surface area (Å²) in [5, 5.41) is 3.25. The third kappa shape index (κ3) is 3.71. The first-order valence-corrected chi connectivity index (χ1v) is 9.13. The Labute approximate surface area is 121 Å². The van der Waals surface area contributed by atoms with Gasteiger partial charge in [-0.1, -0.05) is 6.92 Å². The molecule has 0 aromatic heterocycles. The highest BCUT2D eigenvalue weighted by Gasteiger charge is 2.31. The molecule has 2 aliphatic heterocycles. The van der Waals surface area contributed by atoms with Gasteiger partial charge in [0.1, 0.15) is 0 Å². The molecule has 2 rings (SSSR count). The van der Waals surface area contributed by atoms with Crippen LogP contribution in [0.2, 0.25) is 0 Å². The minimum Gasteiger partial charge on any atom is -0.340 e. The van der Waals surface area contributed by atoms with Crippen molar-refractivity contribution in [3.8, 4) is 0 Å². The molecule has 2 heterocycles. The van der Waals surface area contributed by atoms with E-state index in [1.54, 1.807) is 0 Å². The van der Waals surface area contributed by atoms with E-state index in [4.69, 9.17) is 0 Å². The Hall–Kier alpha value is -0.660. The third-order valence-corrected chi connectivity index (χ3v) is 6.13. The molecular weight excluding hydrogens is 278 g/mol. The average molecular weight is 303 g/mol. The van der Waals surface area contributed by atoms with Crippen molar-refractivity contribution in [1.82, 2.24) is 14.5 Å². The van der Waals surface area contributed by atoms with E-state index in [2.05, 4.69) is 5.32 Å². The zero-order valence-electron chi connectivity index (χ0n) is 12.2. The molecule has 116 valence electrons. The van der Waals surface area contributed by atoms with Crippen molar-refractivity contribution in [2.75, 3.05) is 45.0 Å². The Bertz CT molecular complexity index is 424. The van der Waals surface area contributed by atoms with Crippen LogP contribution in [0.5, 0.6) is 0 Å². The molecule has 0 radical (unpaired) electrons. The fraction of sp³-hybridized carbons (Fsp3) is 0.923. The summed E-state index contributed by atoms with van der Waals surface area (Å²) in [5.41, 5.74) is 0. The normalized spacial score (nSPS) is 25.6. The van der Waals surface area contributed by atoms with Crippen molar-refractivity contribution in [2.45, 2.75) is 26.2 Å². The maximum atomic E-state index is 12.4. The van der Waals surface area contributed by atoms with Gasteiger partial charge in [0.15, 0.2) is 0 Å². The van der Waals surface area contributed by atoms with Gasteiger partial charge in [-0.25, -0.2) is 8.42 Å². The number of nitrogens with zero attached hydrogens (tertiary/aromatic N) is 2. The third-order valence-electron chi connectivity index (χ3n) is 4.05. The second-order valence-electron chi connectivity index (χ2n) is 5.58. The molecule has 1 atom stereocenters. The van der Waals surface area contributed by atoms with Gasteiger partial charge in [-0.05, 0) is 25.8 Å². The Morgan fingerprint density at radius 3 is 2.50 bits per heavy atom. The van der Waals surface area contributed by atoms with Crippen LogP contribution in [0, 0.1) is 5.92 Å². The lowest BCUT2D eigenvalue weighted by molar-refractivity contribution is -0.137. The van der Waals surface area contributed by atoms with Gasteiger partial charge in [0.05, 0.1) is 11.7 Å². The molecule has 6 nitrogen and oxygen atoms in total. The van der Waals surface area contributed by atoms with E-state index in [-0.39, 0.29) is 17.6 Å². The van der Waals surface area contributed by atoms with E-state index in [9.17, 15) is 13.2 Å². The summed E-state index contributed by atoms with van der Waals surface area (Å²) < 4.78 is 25.5. The quantitative estimate of drug-likeness (QED) is 0.785. The molecular formula is C13H25N3O3S. The molecule has 0 aromatic carbocycles. The van der Waals surface area contributed by atoms with Crippen molar-refractivity contribution in [3.05, 3.63) is 0 Å². The first-order valence-electron chi connectivity index (χ1n) is 7.52. The Morgan fingerprint density at radius 1 is 1.25 bits per heavy atom. The maximum Gasteiger partial charge on any atom is 0.227 e. The number of carbonyl (C=O) groups is 1. The maximum absolute atomic E-state index is 12.4. The standard InChI is InChI=1S/C13H25N3O3S/c1-2-10-20(18,19)16-8-6-15(7-9-16)13(17)12-4-3-5-14-11-12/h12,14H,2-11H2,1H3/t12-/m1/s1. The zero-order chi connectivity index (χ0) is 14.6. The highest BCUT2D eigenvalue weighted by atomic mass is 32.2. The molecule has 0 saturated carbocycles. The Morgan fingerprint density at radius 2 is 1.95 bits per heavy atom. The molecule has 1 amide bonds. The fourth-order valence-electron chi connectivity index (χ4n) is 2.89. The van der Waals surface area contributed by atoms with E-state index in [1.165, 1.54) is 4.31 Å². The summed E-state index contributed by atoms with van der Waals surface area (Å²) in [5.74, 6) is 0.459. The number of hydrogen-bond donors (Lipinski definition) is 1. The number of sulfonamides is 1. The number of piperazine rings is 1. The van der Waals surface area contributed by atoms with Gasteiger partial charge >= 0.3 is 0 Å². The van der Waals surface area contributed by atoms with E-state index in [0.717, 1.165) is 25.9 Å². The Kier molecular flexibility index (Phi) is 5.40. The minimum absolute atomic E-state index is 0.0718. The lowest BCUT2D eigenvalue weighted by atomic mass is 9.98. The van der Waals surface area contributed by atoms with Gasteiger partial charge in [-0.2, -0.15) is 4.31 Å². The van der Waals surface area contributed by atoms with E-state index in [1.807, 2.05) is 11.8 Å². The lowest BCUT2D eigenvalue weighted by Gasteiger charge is -2.36. The van der Waals surface area contributed by atoms with Crippen LogP contribution in [0.1, 0.15) is 26.2 Å². The van der Waals surface area contributed by atoms with Crippen LogP contribution < -0.4 is 5.32 Å². The summed E-state index contributed by atoms with van der Waals surface area (Å²) in [4.78, 5) is 14.2. The molecule has 20 heavy (non-hydrogen) atoms. The second kappa shape index (κ2) is 6.87. The number of amides is 1. The van der Waals surface area contributed by atoms with E-state index in [0.29, 0.717) is 32.6 Å². The van der Waals surface area contributed by atoms with Crippen LogP contribution in [0.25, 0.3) is 0 Å². The van der Waals surface area contributed by atoms with Gasteiger partial charge in [-0.15, -0.1) is 0 Å². The van der Waals surface area contributed by atoms with Gasteiger partial charge in [0, 0.05) is 32.7 Å². The number of piperidine rings is 1. The molecule has 0 bridgehead atoms. The highest BCUT2D eigenvalue weighted by Crippen LogP contribution is 2.16. The summed E-state index contributed by atoms with van der Waals surface area (Å²) in [6.45, 7) is 5.55. The topological polar surface area (TPSA) is 69.7 Å². The van der Waals surface area contributed by atoms with Gasteiger partial charge in [0.25, 0.3) is 0 Å². The van der Waals surface area contributed by atoms with Crippen LogP contribution >= 0.6 is 0 Å². The zero-order valence-corrected chi connectivity index (χ0v) is 13.0. The molecule has 7 heteroatoms. The van der Waals surface area contributed by atoms with Crippen molar-refractivity contribution >= 4 is 15.9 Å². The smallest absolute Gasteiger partial charge is 0.227 e. The summed E-state index contributed by atoms with van der Waals surface area (Å²) >= 11 is 0. The van der Waals surface area contributed by atoms with E-state index >= 15 is 0 Å². The molecule has 2 fully saturated rings. The number of nitrogens with one attached hydrogen (secondary N) is 1. The first-order chi connectivity index (χ1) is 9.54. The largest absolute Gasteiger partial charge is 0.340 e. The predicted octanol–water partition coefficient (Wildman–Crippen LogP) is -0.130. The highest BCUT2D eigenvalue weighted by molar-refractivity contribution is 7.89. The van der Waals surface area contributed by atoms with Crippen molar-refractivity contribution < 1.29 is 13.2 Å². The van der Waals surface area contributed by atoms with Gasteiger partial charge < -0.3 is 10.2 Å². The molecule has 0 spiro atoms. The number of hydrogen-bond acceptors (Lipinski definition) is 4.